The zero-order valence-electron chi connectivity index (χ0n) is 16.3. The van der Waals surface area contributed by atoms with Crippen molar-refractivity contribution in [2.75, 3.05) is 33.4 Å². The fourth-order valence-electron chi connectivity index (χ4n) is 4.41. The highest BCUT2D eigenvalue weighted by Crippen LogP contribution is 2.42. The molecule has 2 aliphatic rings. The average Bonchev–Trinajstić information content (AvgIpc) is 3.19. The highest BCUT2D eigenvalue weighted by molar-refractivity contribution is 5.94. The van der Waals surface area contributed by atoms with Crippen LogP contribution in [0.5, 0.6) is 0 Å². The van der Waals surface area contributed by atoms with Crippen LogP contribution in [0.4, 0.5) is 0 Å². The smallest absolute Gasteiger partial charge is 0.255 e. The van der Waals surface area contributed by atoms with Crippen LogP contribution in [0.25, 0.3) is 0 Å². The summed E-state index contributed by atoms with van der Waals surface area (Å²) < 4.78 is 5.10. The number of methoxy groups -OCH3 is 1. The molecule has 8 heteroatoms. The van der Waals surface area contributed by atoms with E-state index in [0.29, 0.717) is 38.0 Å². The average molecular weight is 383 g/mol. The lowest BCUT2D eigenvalue weighted by atomic mass is 9.78. The van der Waals surface area contributed by atoms with Crippen molar-refractivity contribution in [3.63, 3.8) is 0 Å². The molecule has 0 unspecified atom stereocenters. The molecule has 0 saturated carbocycles. The van der Waals surface area contributed by atoms with E-state index in [9.17, 15) is 9.59 Å². The van der Waals surface area contributed by atoms with E-state index in [1.165, 1.54) is 7.11 Å². The Bertz CT molecular complexity index is 868. The minimum atomic E-state index is -0.481. The van der Waals surface area contributed by atoms with Crippen molar-refractivity contribution >= 4 is 11.8 Å². The van der Waals surface area contributed by atoms with Gasteiger partial charge in [0.2, 0.25) is 5.91 Å². The first-order chi connectivity index (χ1) is 13.5. The number of H-pyrrole nitrogens is 1. The molecular formula is C20H25N5O3. The van der Waals surface area contributed by atoms with Crippen molar-refractivity contribution in [3.8, 4) is 0 Å². The lowest BCUT2D eigenvalue weighted by Crippen LogP contribution is -2.59. The monoisotopic (exact) mass is 383 g/mol. The van der Waals surface area contributed by atoms with E-state index in [4.69, 9.17) is 4.74 Å². The van der Waals surface area contributed by atoms with Crippen LogP contribution in [0.15, 0.2) is 24.7 Å². The van der Waals surface area contributed by atoms with Gasteiger partial charge in [-0.3, -0.25) is 14.6 Å². The predicted octanol–water partition coefficient (Wildman–Crippen LogP) is 1.28. The number of amides is 2. The summed E-state index contributed by atoms with van der Waals surface area (Å²) in [5.74, 6) is -0.0474. The molecule has 2 amide bonds. The number of nitrogens with zero attached hydrogens (tertiary/aromatic N) is 4. The number of aromatic nitrogens is 3. The summed E-state index contributed by atoms with van der Waals surface area (Å²) >= 11 is 0. The van der Waals surface area contributed by atoms with Crippen molar-refractivity contribution < 1.29 is 14.3 Å². The van der Waals surface area contributed by atoms with Gasteiger partial charge in [-0.2, -0.15) is 0 Å². The van der Waals surface area contributed by atoms with Crippen LogP contribution in [0, 0.1) is 6.92 Å². The molecule has 1 fully saturated rings. The maximum Gasteiger partial charge on any atom is 0.255 e. The molecule has 4 heterocycles. The molecule has 4 rings (SSSR count). The largest absolute Gasteiger partial charge is 0.375 e. The first-order valence-corrected chi connectivity index (χ1v) is 9.59. The molecule has 2 aromatic rings. The number of piperidine rings is 1. The summed E-state index contributed by atoms with van der Waals surface area (Å²) in [5.41, 5.74) is 3.02. The second kappa shape index (κ2) is 7.35. The summed E-state index contributed by atoms with van der Waals surface area (Å²) in [7, 11) is 1.53. The normalized spacial score (nSPS) is 18.2. The Labute approximate surface area is 163 Å². The number of pyridine rings is 1. The summed E-state index contributed by atoms with van der Waals surface area (Å²) in [4.78, 5) is 41.4. The predicted molar refractivity (Wildman–Crippen MR) is 102 cm³/mol. The molecule has 0 aromatic carbocycles. The Morgan fingerprint density at radius 3 is 2.68 bits per heavy atom. The third kappa shape index (κ3) is 3.07. The Morgan fingerprint density at radius 1 is 1.21 bits per heavy atom. The SMILES string of the molecule is COCC(=O)N1CCc2[nH]cnc2C12CCN(C(=O)c1ccc(C)nc1)CC2. The summed E-state index contributed by atoms with van der Waals surface area (Å²) in [6.45, 7) is 3.72. The first kappa shape index (κ1) is 18.6. The first-order valence-electron chi connectivity index (χ1n) is 9.59. The minimum absolute atomic E-state index is 0.0184. The summed E-state index contributed by atoms with van der Waals surface area (Å²) in [5, 5.41) is 0. The third-order valence-electron chi connectivity index (χ3n) is 5.87. The van der Waals surface area contributed by atoms with Gasteiger partial charge in [-0.15, -0.1) is 0 Å². The number of aryl methyl sites for hydroxylation is 1. The van der Waals surface area contributed by atoms with Gasteiger partial charge >= 0.3 is 0 Å². The van der Waals surface area contributed by atoms with Gasteiger partial charge < -0.3 is 19.5 Å². The van der Waals surface area contributed by atoms with Crippen LogP contribution < -0.4 is 0 Å². The highest BCUT2D eigenvalue weighted by Gasteiger charge is 2.49. The van der Waals surface area contributed by atoms with Gasteiger partial charge in [0.25, 0.3) is 5.91 Å². The van der Waals surface area contributed by atoms with Crippen LogP contribution in [0.1, 0.15) is 40.3 Å². The van der Waals surface area contributed by atoms with Crippen molar-refractivity contribution in [2.45, 2.75) is 31.7 Å². The van der Waals surface area contributed by atoms with Crippen LogP contribution in [-0.2, 0) is 21.5 Å². The van der Waals surface area contributed by atoms with Crippen LogP contribution in [0.2, 0.25) is 0 Å². The number of hydrogen-bond acceptors (Lipinski definition) is 5. The quantitative estimate of drug-likeness (QED) is 0.862. The van der Waals surface area contributed by atoms with Crippen molar-refractivity contribution in [3.05, 3.63) is 47.3 Å². The van der Waals surface area contributed by atoms with Gasteiger partial charge in [-0.05, 0) is 31.9 Å². The molecule has 0 aliphatic carbocycles. The Balaban J connectivity index is 1.57. The van der Waals surface area contributed by atoms with E-state index >= 15 is 0 Å². The zero-order chi connectivity index (χ0) is 19.7. The fourth-order valence-corrected chi connectivity index (χ4v) is 4.41. The van der Waals surface area contributed by atoms with Crippen molar-refractivity contribution in [1.82, 2.24) is 24.8 Å². The van der Waals surface area contributed by atoms with Gasteiger partial charge in [-0.1, -0.05) is 0 Å². The van der Waals surface area contributed by atoms with E-state index in [1.54, 1.807) is 12.5 Å². The molecule has 1 spiro atoms. The lowest BCUT2D eigenvalue weighted by Gasteiger charge is -2.50. The van der Waals surface area contributed by atoms with E-state index in [1.807, 2.05) is 28.9 Å². The second-order valence-corrected chi connectivity index (χ2v) is 7.47. The Morgan fingerprint density at radius 2 is 2.00 bits per heavy atom. The molecule has 148 valence electrons. The van der Waals surface area contributed by atoms with Crippen molar-refractivity contribution in [1.29, 1.82) is 0 Å². The molecule has 0 bridgehead atoms. The van der Waals surface area contributed by atoms with Crippen molar-refractivity contribution in [2.24, 2.45) is 0 Å². The standard InChI is InChI=1S/C20H25N5O3/c1-14-3-4-15(11-21-14)19(27)24-9-6-20(7-10-24)18-16(22-13-23-18)5-8-25(20)17(26)12-28-2/h3-4,11,13H,5-10,12H2,1-2H3,(H,22,23). The molecule has 2 aliphatic heterocycles. The number of aromatic amines is 1. The maximum atomic E-state index is 12.9. The van der Waals surface area contributed by atoms with E-state index < -0.39 is 5.54 Å². The number of ether oxygens (including phenoxy) is 1. The number of fused-ring (bicyclic) bond motifs is 2. The molecule has 0 radical (unpaired) electrons. The second-order valence-electron chi connectivity index (χ2n) is 7.47. The number of hydrogen-bond donors (Lipinski definition) is 1. The van der Waals surface area contributed by atoms with Gasteiger partial charge in [0.05, 0.1) is 23.1 Å². The van der Waals surface area contributed by atoms with E-state index in [2.05, 4.69) is 15.0 Å². The molecule has 0 atom stereocenters. The molecule has 28 heavy (non-hydrogen) atoms. The van der Waals surface area contributed by atoms with Crippen LogP contribution in [0.3, 0.4) is 0 Å². The number of carbonyl (C=O) groups excluding carboxylic acids is 2. The Hall–Kier alpha value is -2.74. The molecule has 1 saturated heterocycles. The number of rotatable bonds is 3. The fraction of sp³-hybridized carbons (Fsp3) is 0.500. The van der Waals surface area contributed by atoms with Gasteiger partial charge in [0.15, 0.2) is 0 Å². The van der Waals surface area contributed by atoms with E-state index in [-0.39, 0.29) is 18.4 Å². The molecule has 2 aromatic heterocycles. The highest BCUT2D eigenvalue weighted by atomic mass is 16.5. The maximum absolute atomic E-state index is 12.9. The third-order valence-corrected chi connectivity index (χ3v) is 5.87. The zero-order valence-corrected chi connectivity index (χ0v) is 16.3. The topological polar surface area (TPSA) is 91.4 Å². The number of nitrogens with one attached hydrogen (secondary N) is 1. The van der Waals surface area contributed by atoms with Gasteiger partial charge in [0, 0.05) is 50.7 Å². The molecule has 1 N–H and O–H groups in total. The molecular weight excluding hydrogens is 358 g/mol. The summed E-state index contributed by atoms with van der Waals surface area (Å²) in [6, 6.07) is 3.66. The van der Waals surface area contributed by atoms with Gasteiger partial charge in [-0.25, -0.2) is 4.98 Å². The van der Waals surface area contributed by atoms with Crippen LogP contribution in [-0.4, -0.2) is 69.9 Å². The molecule has 8 nitrogen and oxygen atoms in total. The Kier molecular flexibility index (Phi) is 4.89. The lowest BCUT2D eigenvalue weighted by molar-refractivity contribution is -0.145. The minimum Gasteiger partial charge on any atom is -0.375 e. The summed E-state index contributed by atoms with van der Waals surface area (Å²) in [6.07, 6.45) is 5.40. The van der Waals surface area contributed by atoms with Crippen LogP contribution >= 0.6 is 0 Å². The van der Waals surface area contributed by atoms with Gasteiger partial charge in [0.1, 0.15) is 6.61 Å². The number of carbonyl (C=O) groups is 2. The number of imidazole rings is 1. The number of likely N-dealkylation sites (tertiary alicyclic amines) is 1. The van der Waals surface area contributed by atoms with E-state index in [0.717, 1.165) is 23.5 Å².